The molecule has 0 bridgehead atoms. The third-order valence-electron chi connectivity index (χ3n) is 1.83. The maximum absolute atomic E-state index is 9.66. The molecule has 0 atom stereocenters. The van der Waals surface area contributed by atoms with Gasteiger partial charge in [0.2, 0.25) is 5.90 Å². The number of nitrogens with one attached hydrogen (secondary N) is 1. The molecule has 1 aromatic rings. The molecular formula is C8H6Cl2N2O3. The number of phenols is 1. The highest BCUT2D eigenvalue weighted by molar-refractivity contribution is 6.43. The summed E-state index contributed by atoms with van der Waals surface area (Å²) in [4.78, 5) is 9.14. The van der Waals surface area contributed by atoms with Crippen molar-refractivity contribution in [2.45, 2.75) is 0 Å². The third-order valence-corrected chi connectivity index (χ3v) is 2.63. The van der Waals surface area contributed by atoms with E-state index in [9.17, 15) is 5.11 Å². The second kappa shape index (κ2) is 3.77. The Morgan fingerprint density at radius 3 is 2.73 bits per heavy atom. The van der Waals surface area contributed by atoms with Gasteiger partial charge in [0, 0.05) is 0 Å². The van der Waals surface area contributed by atoms with Crippen LogP contribution in [0.1, 0.15) is 0 Å². The predicted molar refractivity (Wildman–Crippen MR) is 55.4 cm³/mol. The van der Waals surface area contributed by atoms with Gasteiger partial charge >= 0.3 is 0 Å². The van der Waals surface area contributed by atoms with E-state index in [0.29, 0.717) is 5.69 Å². The molecule has 1 aromatic carbocycles. The average molecular weight is 249 g/mol. The van der Waals surface area contributed by atoms with Crippen molar-refractivity contribution < 1.29 is 15.0 Å². The average Bonchev–Trinajstić information content (AvgIpc) is 2.61. The lowest BCUT2D eigenvalue weighted by Gasteiger charge is -2.14. The second-order valence-corrected chi connectivity index (χ2v) is 3.63. The van der Waals surface area contributed by atoms with Gasteiger partial charge in [0.1, 0.15) is 17.3 Å². The first-order valence-corrected chi connectivity index (χ1v) is 4.71. The molecule has 0 unspecified atom stereocenters. The van der Waals surface area contributed by atoms with Crippen molar-refractivity contribution in [1.82, 2.24) is 0 Å². The van der Waals surface area contributed by atoms with Crippen LogP contribution in [-0.4, -0.2) is 17.5 Å². The number of halogens is 2. The summed E-state index contributed by atoms with van der Waals surface area (Å²) in [6, 6.07) is 3.04. The molecule has 0 aliphatic carbocycles. The number of nitrogens with zero attached hydrogens (tertiary/aromatic N) is 1. The minimum Gasteiger partial charge on any atom is -0.504 e. The van der Waals surface area contributed by atoms with Crippen molar-refractivity contribution >= 4 is 34.8 Å². The van der Waals surface area contributed by atoms with Gasteiger partial charge in [-0.2, -0.15) is 5.06 Å². The van der Waals surface area contributed by atoms with Gasteiger partial charge in [-0.15, -0.1) is 0 Å². The van der Waals surface area contributed by atoms with Crippen LogP contribution < -0.4 is 5.06 Å². The van der Waals surface area contributed by atoms with Crippen LogP contribution in [0.15, 0.2) is 12.1 Å². The molecule has 5 nitrogen and oxygen atoms in total. The van der Waals surface area contributed by atoms with E-state index in [1.807, 2.05) is 0 Å². The van der Waals surface area contributed by atoms with E-state index in [0.717, 1.165) is 0 Å². The van der Waals surface area contributed by atoms with E-state index in [4.69, 9.17) is 28.6 Å². The molecule has 0 spiro atoms. The van der Waals surface area contributed by atoms with Crippen LogP contribution in [0, 0.1) is 5.41 Å². The number of hydrogen-bond donors (Lipinski definition) is 2. The normalized spacial score (nSPS) is 15.6. The second-order valence-electron chi connectivity index (χ2n) is 2.85. The molecule has 1 aliphatic rings. The zero-order valence-electron chi connectivity index (χ0n) is 7.33. The van der Waals surface area contributed by atoms with E-state index < -0.39 is 0 Å². The topological polar surface area (TPSA) is 65.8 Å². The number of phenolic OH excluding ortho intramolecular Hbond substituents is 1. The highest BCUT2D eigenvalue weighted by Gasteiger charge is 2.25. The van der Waals surface area contributed by atoms with E-state index in [1.165, 1.54) is 17.2 Å². The summed E-state index contributed by atoms with van der Waals surface area (Å²) in [6.45, 7) is 0.103. The highest BCUT2D eigenvalue weighted by Crippen LogP contribution is 2.39. The fourth-order valence-electron chi connectivity index (χ4n) is 1.13. The van der Waals surface area contributed by atoms with Crippen molar-refractivity contribution in [1.29, 1.82) is 5.41 Å². The van der Waals surface area contributed by atoms with E-state index in [2.05, 4.69) is 9.88 Å². The Hall–Kier alpha value is -1.17. The molecule has 0 amide bonds. The van der Waals surface area contributed by atoms with Crippen molar-refractivity contribution in [2.75, 3.05) is 11.6 Å². The first-order valence-electron chi connectivity index (χ1n) is 3.96. The van der Waals surface area contributed by atoms with E-state index >= 15 is 0 Å². The molecule has 0 aromatic heterocycles. The molecule has 15 heavy (non-hydrogen) atoms. The fourth-order valence-corrected chi connectivity index (χ4v) is 1.44. The lowest BCUT2D eigenvalue weighted by molar-refractivity contribution is -0.206. The maximum Gasteiger partial charge on any atom is 0.250 e. The number of hydroxylamine groups is 1. The molecular weight excluding hydrogens is 243 g/mol. The van der Waals surface area contributed by atoms with Crippen LogP contribution in [0.5, 0.6) is 5.75 Å². The molecule has 1 saturated heterocycles. The largest absolute Gasteiger partial charge is 0.504 e. The Morgan fingerprint density at radius 2 is 2.13 bits per heavy atom. The molecule has 1 aliphatic heterocycles. The first-order chi connectivity index (χ1) is 7.09. The van der Waals surface area contributed by atoms with Crippen molar-refractivity contribution in [3.05, 3.63) is 22.2 Å². The number of aromatic hydroxyl groups is 1. The summed E-state index contributed by atoms with van der Waals surface area (Å²) in [5, 5.41) is 18.3. The van der Waals surface area contributed by atoms with Gasteiger partial charge in [0.15, 0.2) is 5.75 Å². The van der Waals surface area contributed by atoms with Gasteiger partial charge in [-0.05, 0) is 12.1 Å². The van der Waals surface area contributed by atoms with Crippen LogP contribution >= 0.6 is 23.2 Å². The molecule has 2 rings (SSSR count). The molecule has 80 valence electrons. The Labute approximate surface area is 95.1 Å². The van der Waals surface area contributed by atoms with Crippen LogP contribution in [-0.2, 0) is 9.88 Å². The van der Waals surface area contributed by atoms with Crippen LogP contribution in [0.25, 0.3) is 0 Å². The number of hydrogen-bond acceptors (Lipinski definition) is 5. The summed E-state index contributed by atoms with van der Waals surface area (Å²) >= 11 is 11.4. The van der Waals surface area contributed by atoms with Crippen molar-refractivity contribution in [3.63, 3.8) is 0 Å². The zero-order chi connectivity index (χ0) is 11.0. The quantitative estimate of drug-likeness (QED) is 0.750. The summed E-state index contributed by atoms with van der Waals surface area (Å²) in [5.41, 5.74) is 0.298. The monoisotopic (exact) mass is 248 g/mol. The molecule has 7 heteroatoms. The highest BCUT2D eigenvalue weighted by atomic mass is 35.5. The van der Waals surface area contributed by atoms with Crippen LogP contribution in [0.3, 0.4) is 0 Å². The van der Waals surface area contributed by atoms with Gasteiger partial charge in [-0.1, -0.05) is 28.2 Å². The molecule has 0 saturated carbocycles. The SMILES string of the molecule is N=C1CN(c2ccc(Cl)c(Cl)c2O)OO1. The standard InChI is InChI=1S/C8H6Cl2N2O3/c9-4-1-2-5(8(13)7(4)10)12-3-6(11)14-15-12/h1-2,11,13H,3H2. The summed E-state index contributed by atoms with van der Waals surface area (Å²) < 4.78 is 0. The smallest absolute Gasteiger partial charge is 0.250 e. The first kappa shape index (κ1) is 10.4. The van der Waals surface area contributed by atoms with E-state index in [1.54, 1.807) is 0 Å². The van der Waals surface area contributed by atoms with Crippen molar-refractivity contribution in [3.8, 4) is 5.75 Å². The van der Waals surface area contributed by atoms with Gasteiger partial charge in [0.05, 0.1) is 5.02 Å². The lowest BCUT2D eigenvalue weighted by atomic mass is 10.3. The van der Waals surface area contributed by atoms with E-state index in [-0.39, 0.29) is 28.2 Å². The molecule has 1 fully saturated rings. The Balaban J connectivity index is 2.37. The lowest BCUT2D eigenvalue weighted by Crippen LogP contribution is -2.17. The van der Waals surface area contributed by atoms with Gasteiger partial charge in [-0.25, -0.2) is 0 Å². The molecule has 1 heterocycles. The summed E-state index contributed by atoms with van der Waals surface area (Å²) in [6.07, 6.45) is 0. The minimum atomic E-state index is -0.206. The van der Waals surface area contributed by atoms with Crippen LogP contribution in [0.2, 0.25) is 10.0 Å². The van der Waals surface area contributed by atoms with Gasteiger partial charge in [-0.3, -0.25) is 10.3 Å². The van der Waals surface area contributed by atoms with Crippen LogP contribution in [0.4, 0.5) is 5.69 Å². The number of benzene rings is 1. The predicted octanol–water partition coefficient (Wildman–Crippen LogP) is 2.36. The summed E-state index contributed by atoms with van der Waals surface area (Å²) in [5.74, 6) is -0.261. The molecule has 2 N–H and O–H groups in total. The number of rotatable bonds is 1. The zero-order valence-corrected chi connectivity index (χ0v) is 8.84. The Morgan fingerprint density at radius 1 is 1.40 bits per heavy atom. The Bertz CT molecular complexity index is 425. The maximum atomic E-state index is 9.66. The third kappa shape index (κ3) is 1.81. The molecule has 0 radical (unpaired) electrons. The minimum absolute atomic E-state index is 0.0381. The summed E-state index contributed by atoms with van der Waals surface area (Å²) in [7, 11) is 0. The van der Waals surface area contributed by atoms with Gasteiger partial charge < -0.3 is 5.11 Å². The van der Waals surface area contributed by atoms with Gasteiger partial charge in [0.25, 0.3) is 0 Å². The Kier molecular flexibility index (Phi) is 2.60. The number of anilines is 1. The van der Waals surface area contributed by atoms with Crippen molar-refractivity contribution in [2.24, 2.45) is 0 Å². The fraction of sp³-hybridized carbons (Fsp3) is 0.125.